The van der Waals surface area contributed by atoms with Gasteiger partial charge in [0, 0.05) is 11.3 Å². The number of para-hydroxylation sites is 1. The molecule has 0 saturated carbocycles. The molecule has 0 aliphatic heterocycles. The Morgan fingerprint density at radius 2 is 1.92 bits per heavy atom. The predicted molar refractivity (Wildman–Crippen MR) is 87.7 cm³/mol. The number of nitrogens with one attached hydrogen (secondary N) is 1. The lowest BCUT2D eigenvalue weighted by Crippen LogP contribution is -2.15. The Bertz CT molecular complexity index is 935. The molecule has 1 aromatic heterocycles. The average molecular weight is 361 g/mol. The first-order valence-corrected chi connectivity index (χ1v) is 7.68. The molecule has 26 heavy (non-hydrogen) atoms. The number of amides is 1. The van der Waals surface area contributed by atoms with Crippen LogP contribution in [0.1, 0.15) is 33.2 Å². The molecule has 1 N–H and O–H groups in total. The number of carbonyl (C=O) groups excluding carboxylic acids is 1. The zero-order valence-corrected chi connectivity index (χ0v) is 13.7. The van der Waals surface area contributed by atoms with E-state index in [1.807, 2.05) is 0 Å². The molecular formula is C18H14F3N3O2. The highest BCUT2D eigenvalue weighted by Gasteiger charge is 2.30. The normalized spacial score (nSPS) is 11.4. The molecule has 3 rings (SSSR count). The van der Waals surface area contributed by atoms with Gasteiger partial charge in [-0.2, -0.15) is 18.2 Å². The number of anilines is 1. The van der Waals surface area contributed by atoms with Crippen LogP contribution in [0.2, 0.25) is 0 Å². The fourth-order valence-electron chi connectivity index (χ4n) is 2.40. The molecule has 1 heterocycles. The summed E-state index contributed by atoms with van der Waals surface area (Å²) in [6, 6.07) is 11.2. The maximum Gasteiger partial charge on any atom is 0.416 e. The number of aromatic nitrogens is 2. The second-order valence-electron chi connectivity index (χ2n) is 5.60. The Morgan fingerprint density at radius 1 is 1.15 bits per heavy atom. The van der Waals surface area contributed by atoms with Crippen LogP contribution >= 0.6 is 0 Å². The summed E-state index contributed by atoms with van der Waals surface area (Å²) in [6.45, 7) is 1.69. The van der Waals surface area contributed by atoms with Crippen molar-refractivity contribution in [1.82, 2.24) is 10.1 Å². The minimum Gasteiger partial charge on any atom is -0.339 e. The summed E-state index contributed by atoms with van der Waals surface area (Å²) in [5.74, 6) is 0.235. The maximum atomic E-state index is 12.8. The van der Waals surface area contributed by atoms with Gasteiger partial charge < -0.3 is 9.84 Å². The number of alkyl halides is 3. The monoisotopic (exact) mass is 361 g/mol. The zero-order valence-electron chi connectivity index (χ0n) is 13.7. The fourth-order valence-corrected chi connectivity index (χ4v) is 2.40. The molecular weight excluding hydrogens is 347 g/mol. The van der Waals surface area contributed by atoms with Crippen LogP contribution in [-0.2, 0) is 12.6 Å². The van der Waals surface area contributed by atoms with Crippen LogP contribution in [0.5, 0.6) is 0 Å². The number of nitrogens with zero attached hydrogens (tertiary/aromatic N) is 2. The number of hydrogen-bond donors (Lipinski definition) is 1. The summed E-state index contributed by atoms with van der Waals surface area (Å²) < 4.78 is 43.5. The van der Waals surface area contributed by atoms with Gasteiger partial charge in [0.2, 0.25) is 5.89 Å². The van der Waals surface area contributed by atoms with Gasteiger partial charge in [-0.3, -0.25) is 4.79 Å². The molecule has 0 fully saturated rings. The minimum absolute atomic E-state index is 0.0803. The average Bonchev–Trinajstić information content (AvgIpc) is 3.01. The summed E-state index contributed by atoms with van der Waals surface area (Å²) in [4.78, 5) is 16.5. The van der Waals surface area contributed by atoms with E-state index in [-0.39, 0.29) is 5.56 Å². The molecule has 0 unspecified atom stereocenters. The lowest BCUT2D eigenvalue weighted by Gasteiger charge is -2.11. The zero-order chi connectivity index (χ0) is 18.7. The van der Waals surface area contributed by atoms with Gasteiger partial charge in [-0.05, 0) is 36.8 Å². The second-order valence-corrected chi connectivity index (χ2v) is 5.60. The molecule has 0 aliphatic rings. The van der Waals surface area contributed by atoms with E-state index >= 15 is 0 Å². The Morgan fingerprint density at radius 3 is 2.62 bits per heavy atom. The molecule has 134 valence electrons. The fraction of sp³-hybridized carbons (Fsp3) is 0.167. The first-order valence-electron chi connectivity index (χ1n) is 7.68. The van der Waals surface area contributed by atoms with Crippen LogP contribution in [-0.4, -0.2) is 16.0 Å². The number of hydrogen-bond acceptors (Lipinski definition) is 4. The van der Waals surface area contributed by atoms with Crippen molar-refractivity contribution >= 4 is 11.6 Å². The third kappa shape index (κ3) is 4.08. The number of rotatable bonds is 4. The maximum absolute atomic E-state index is 12.8. The van der Waals surface area contributed by atoms with Crippen LogP contribution in [0.15, 0.2) is 53.1 Å². The lowest BCUT2D eigenvalue weighted by atomic mass is 10.1. The molecule has 0 saturated heterocycles. The van der Waals surface area contributed by atoms with Gasteiger partial charge in [0.15, 0.2) is 5.82 Å². The van der Waals surface area contributed by atoms with E-state index in [2.05, 4.69) is 15.5 Å². The van der Waals surface area contributed by atoms with Crippen LogP contribution in [0.25, 0.3) is 0 Å². The Balaban J connectivity index is 1.82. The topological polar surface area (TPSA) is 68.0 Å². The predicted octanol–water partition coefficient (Wildman–Crippen LogP) is 4.24. The summed E-state index contributed by atoms with van der Waals surface area (Å²) in [5.41, 5.74) is 0.213. The Kier molecular flexibility index (Phi) is 4.75. The Hall–Kier alpha value is -3.16. The van der Waals surface area contributed by atoms with Crippen molar-refractivity contribution in [2.75, 3.05) is 5.32 Å². The minimum atomic E-state index is -4.51. The third-order valence-electron chi connectivity index (χ3n) is 3.63. The van der Waals surface area contributed by atoms with E-state index in [4.69, 9.17) is 4.52 Å². The van der Waals surface area contributed by atoms with Crippen molar-refractivity contribution in [1.29, 1.82) is 0 Å². The van der Waals surface area contributed by atoms with Crippen molar-refractivity contribution in [3.63, 3.8) is 0 Å². The molecule has 0 atom stereocenters. The molecule has 0 aliphatic carbocycles. The largest absolute Gasteiger partial charge is 0.416 e. The van der Waals surface area contributed by atoms with Crippen molar-refractivity contribution in [2.24, 2.45) is 0 Å². The molecule has 0 radical (unpaired) electrons. The molecule has 2 aromatic carbocycles. The first-order chi connectivity index (χ1) is 12.3. The van der Waals surface area contributed by atoms with Gasteiger partial charge in [0.05, 0.1) is 12.0 Å². The smallest absolute Gasteiger partial charge is 0.339 e. The van der Waals surface area contributed by atoms with Gasteiger partial charge in [0.25, 0.3) is 5.91 Å². The second kappa shape index (κ2) is 6.99. The highest BCUT2D eigenvalue weighted by molar-refractivity contribution is 6.04. The molecule has 8 heteroatoms. The van der Waals surface area contributed by atoms with Crippen molar-refractivity contribution < 1.29 is 22.5 Å². The summed E-state index contributed by atoms with van der Waals surface area (Å²) in [7, 11) is 0. The van der Waals surface area contributed by atoms with E-state index in [1.54, 1.807) is 31.2 Å². The van der Waals surface area contributed by atoms with Gasteiger partial charge in [-0.25, -0.2) is 0 Å². The molecule has 0 bridgehead atoms. The van der Waals surface area contributed by atoms with Crippen molar-refractivity contribution in [2.45, 2.75) is 19.5 Å². The summed E-state index contributed by atoms with van der Waals surface area (Å²) in [5, 5.41) is 6.34. The highest BCUT2D eigenvalue weighted by Crippen LogP contribution is 2.29. The summed E-state index contributed by atoms with van der Waals surface area (Å²) >= 11 is 0. The SMILES string of the molecule is Cc1noc(Cc2ccccc2NC(=O)c2cccc(C(F)(F)F)c2)n1. The number of carbonyl (C=O) groups is 1. The Labute approximate surface area is 146 Å². The van der Waals surface area contributed by atoms with Gasteiger partial charge in [-0.1, -0.05) is 29.4 Å². The van der Waals surface area contributed by atoms with Crippen LogP contribution in [0.3, 0.4) is 0 Å². The van der Waals surface area contributed by atoms with Gasteiger partial charge >= 0.3 is 6.18 Å². The summed E-state index contributed by atoms with van der Waals surface area (Å²) in [6.07, 6.45) is -4.22. The standard InChI is InChI=1S/C18H14F3N3O2/c1-11-22-16(26-24-11)10-12-5-2-3-8-15(12)23-17(25)13-6-4-7-14(9-13)18(19,20)21/h2-9H,10H2,1H3,(H,23,25). The van der Waals surface area contributed by atoms with E-state index in [0.717, 1.165) is 12.1 Å². The van der Waals surface area contributed by atoms with Gasteiger partial charge in [0.1, 0.15) is 0 Å². The molecule has 0 spiro atoms. The first kappa shape index (κ1) is 17.7. The van der Waals surface area contributed by atoms with Crippen molar-refractivity contribution in [3.05, 3.63) is 76.9 Å². The van der Waals surface area contributed by atoms with E-state index in [9.17, 15) is 18.0 Å². The molecule has 3 aromatic rings. The number of aryl methyl sites for hydroxylation is 1. The number of benzene rings is 2. The number of halogens is 3. The third-order valence-corrected chi connectivity index (χ3v) is 3.63. The van der Waals surface area contributed by atoms with Crippen LogP contribution in [0.4, 0.5) is 18.9 Å². The van der Waals surface area contributed by atoms with Gasteiger partial charge in [-0.15, -0.1) is 0 Å². The highest BCUT2D eigenvalue weighted by atomic mass is 19.4. The van der Waals surface area contributed by atoms with E-state index < -0.39 is 17.6 Å². The van der Waals surface area contributed by atoms with E-state index in [1.165, 1.54) is 12.1 Å². The molecule has 1 amide bonds. The molecule has 5 nitrogen and oxygen atoms in total. The van der Waals surface area contributed by atoms with E-state index in [0.29, 0.717) is 29.4 Å². The lowest BCUT2D eigenvalue weighted by molar-refractivity contribution is -0.137. The van der Waals surface area contributed by atoms with Crippen LogP contribution in [0, 0.1) is 6.92 Å². The van der Waals surface area contributed by atoms with Crippen LogP contribution < -0.4 is 5.32 Å². The van der Waals surface area contributed by atoms with Crippen molar-refractivity contribution in [3.8, 4) is 0 Å². The quantitative estimate of drug-likeness (QED) is 0.755.